The summed E-state index contributed by atoms with van der Waals surface area (Å²) in [6.07, 6.45) is 3.27. The highest BCUT2D eigenvalue weighted by Crippen LogP contribution is 2.18. The summed E-state index contributed by atoms with van der Waals surface area (Å²) < 4.78 is 19.6. The molecule has 2 N–H and O–H groups in total. The Labute approximate surface area is 199 Å². The molecule has 1 unspecified atom stereocenters. The fourth-order valence-electron chi connectivity index (χ4n) is 3.93. The maximum Gasteiger partial charge on any atom is 0.259 e. The first-order valence-electron chi connectivity index (χ1n) is 11.8. The number of nitrogens with one attached hydrogen (secondary N) is 1. The van der Waals surface area contributed by atoms with Gasteiger partial charge in [-0.05, 0) is 56.1 Å². The highest BCUT2D eigenvalue weighted by Gasteiger charge is 2.14. The van der Waals surface area contributed by atoms with E-state index < -0.39 is 23.4 Å². The Morgan fingerprint density at radius 1 is 1.21 bits per heavy atom. The molecule has 3 rings (SSSR count). The van der Waals surface area contributed by atoms with Crippen LogP contribution < -0.4 is 10.1 Å². The van der Waals surface area contributed by atoms with Crippen molar-refractivity contribution in [1.82, 2.24) is 10.2 Å². The highest BCUT2D eigenvalue weighted by atomic mass is 19.1. The molecule has 184 valence electrons. The Kier molecular flexibility index (Phi) is 10.2. The molecule has 34 heavy (non-hydrogen) atoms. The van der Waals surface area contributed by atoms with Gasteiger partial charge in [-0.2, -0.15) is 0 Å². The lowest BCUT2D eigenvalue weighted by molar-refractivity contribution is -0.463. The minimum atomic E-state index is -1.18. The molecule has 1 fully saturated rings. The minimum Gasteiger partial charge on any atom is -0.494 e. The van der Waals surface area contributed by atoms with E-state index in [4.69, 9.17) is 4.74 Å². The Balaban J connectivity index is 1.43. The third-order valence-corrected chi connectivity index (χ3v) is 5.67. The Bertz CT molecular complexity index is 950. The number of ether oxygens (including phenoxy) is 1. The number of aliphatic hydroxyl groups excluding tert-OH is 1. The zero-order chi connectivity index (χ0) is 24.2. The van der Waals surface area contributed by atoms with E-state index in [0.29, 0.717) is 19.6 Å². The number of aliphatic imine (C=N–C) groups is 1. The number of hydrogen-bond donors (Lipinski definition) is 2. The third-order valence-electron chi connectivity index (χ3n) is 5.67. The molecular formula is C25H33FN4O4. The van der Waals surface area contributed by atoms with Gasteiger partial charge in [-0.25, -0.2) is 4.39 Å². The molecule has 1 heterocycles. The zero-order valence-corrected chi connectivity index (χ0v) is 19.4. The maximum atomic E-state index is 13.8. The van der Waals surface area contributed by atoms with E-state index in [0.717, 1.165) is 25.4 Å². The fraction of sp³-hybridized carbons (Fsp3) is 0.480. The molecule has 1 atom stereocenters. The van der Waals surface area contributed by atoms with Crippen LogP contribution in [-0.2, 0) is 6.54 Å². The van der Waals surface area contributed by atoms with Gasteiger partial charge < -0.3 is 15.2 Å². The van der Waals surface area contributed by atoms with E-state index in [-0.39, 0.29) is 17.9 Å². The minimum absolute atomic E-state index is 0.114. The predicted octanol–water partition coefficient (Wildman–Crippen LogP) is 3.58. The van der Waals surface area contributed by atoms with Crippen molar-refractivity contribution in [2.24, 2.45) is 4.99 Å². The van der Waals surface area contributed by atoms with Gasteiger partial charge in [-0.15, -0.1) is 0 Å². The molecule has 1 aliphatic rings. The average Bonchev–Trinajstić information content (AvgIpc) is 2.83. The predicted molar refractivity (Wildman–Crippen MR) is 129 cm³/mol. The molecule has 2 aromatic rings. The number of piperidine rings is 1. The van der Waals surface area contributed by atoms with E-state index in [1.54, 1.807) is 6.07 Å². The van der Waals surface area contributed by atoms with E-state index in [1.165, 1.54) is 43.0 Å². The largest absolute Gasteiger partial charge is 0.494 e. The first kappa shape index (κ1) is 25.6. The van der Waals surface area contributed by atoms with Gasteiger partial charge in [0.2, 0.25) is 0 Å². The number of amidine groups is 1. The molecule has 0 aromatic heterocycles. The van der Waals surface area contributed by atoms with Crippen molar-refractivity contribution >= 4 is 5.84 Å². The highest BCUT2D eigenvalue weighted by molar-refractivity contribution is 5.83. The monoisotopic (exact) mass is 472 g/mol. The molecule has 2 aromatic carbocycles. The van der Waals surface area contributed by atoms with Crippen LogP contribution in [0.5, 0.6) is 5.75 Å². The van der Waals surface area contributed by atoms with Crippen molar-refractivity contribution in [3.8, 4) is 5.75 Å². The first-order chi connectivity index (χ1) is 16.5. The van der Waals surface area contributed by atoms with Gasteiger partial charge in [-0.3, -0.25) is 20.0 Å². The smallest absolute Gasteiger partial charge is 0.259 e. The SMILES string of the molecule is O=[N+]([O-])CC(=NCC(O)c1ccccc1F)NCCCOc1cccc(CN2CCCCC2)c1. The van der Waals surface area contributed by atoms with Crippen LogP contribution in [0.4, 0.5) is 4.39 Å². The lowest BCUT2D eigenvalue weighted by Gasteiger charge is -2.26. The van der Waals surface area contributed by atoms with Crippen molar-refractivity contribution in [1.29, 1.82) is 0 Å². The molecule has 0 spiro atoms. The second-order valence-electron chi connectivity index (χ2n) is 8.43. The maximum absolute atomic E-state index is 13.8. The zero-order valence-electron chi connectivity index (χ0n) is 19.4. The quantitative estimate of drug-likeness (QED) is 0.161. The summed E-state index contributed by atoms with van der Waals surface area (Å²) in [7, 11) is 0. The van der Waals surface area contributed by atoms with Crippen LogP contribution in [0.15, 0.2) is 53.5 Å². The van der Waals surface area contributed by atoms with Gasteiger partial charge in [0, 0.05) is 23.6 Å². The normalized spacial score (nSPS) is 15.6. The molecule has 1 aliphatic heterocycles. The Morgan fingerprint density at radius 2 is 2.00 bits per heavy atom. The number of hydrogen-bond acceptors (Lipinski definition) is 6. The Morgan fingerprint density at radius 3 is 2.76 bits per heavy atom. The van der Waals surface area contributed by atoms with Crippen LogP contribution >= 0.6 is 0 Å². The molecule has 0 radical (unpaired) electrons. The molecule has 0 aliphatic carbocycles. The summed E-state index contributed by atoms with van der Waals surface area (Å²) in [5.41, 5.74) is 1.34. The summed E-state index contributed by atoms with van der Waals surface area (Å²) >= 11 is 0. The number of rotatable bonds is 12. The topological polar surface area (TPSA) is 100 Å². The van der Waals surface area contributed by atoms with Crippen LogP contribution in [0.25, 0.3) is 0 Å². The average molecular weight is 473 g/mol. The number of aliphatic hydroxyl groups is 1. The summed E-state index contributed by atoms with van der Waals surface area (Å²) in [4.78, 5) is 17.0. The molecule has 8 nitrogen and oxygen atoms in total. The van der Waals surface area contributed by atoms with E-state index >= 15 is 0 Å². The van der Waals surface area contributed by atoms with E-state index in [2.05, 4.69) is 27.3 Å². The lowest BCUT2D eigenvalue weighted by Crippen LogP contribution is -2.32. The lowest BCUT2D eigenvalue weighted by atomic mass is 10.1. The second-order valence-corrected chi connectivity index (χ2v) is 8.43. The van der Waals surface area contributed by atoms with E-state index in [9.17, 15) is 19.6 Å². The molecule has 0 bridgehead atoms. The van der Waals surface area contributed by atoms with Gasteiger partial charge >= 0.3 is 0 Å². The van der Waals surface area contributed by atoms with Crippen molar-refractivity contribution in [3.05, 3.63) is 75.6 Å². The van der Waals surface area contributed by atoms with Gasteiger partial charge in [0.15, 0.2) is 5.84 Å². The summed E-state index contributed by atoms with van der Waals surface area (Å²) in [5.74, 6) is 0.414. The summed E-state index contributed by atoms with van der Waals surface area (Å²) in [5, 5.41) is 24.1. The third kappa shape index (κ3) is 8.72. The standard InChI is InChI=1S/C25H33FN4O4/c26-23-11-3-2-10-22(23)24(31)17-28-25(19-30(32)33)27-12-7-15-34-21-9-6-8-20(16-21)18-29-13-4-1-5-14-29/h2-3,6,8-11,16,24,31H,1,4-5,7,12-15,17-19H2,(H,27,28). The number of likely N-dealkylation sites (tertiary alicyclic amines) is 1. The van der Waals surface area contributed by atoms with Crippen LogP contribution in [0, 0.1) is 15.9 Å². The van der Waals surface area contributed by atoms with Crippen molar-refractivity contribution in [2.45, 2.75) is 38.3 Å². The number of halogens is 1. The molecule has 0 saturated carbocycles. The number of nitro groups is 1. The van der Waals surface area contributed by atoms with Gasteiger partial charge in [-0.1, -0.05) is 36.8 Å². The fourth-order valence-corrected chi connectivity index (χ4v) is 3.93. The molecule has 9 heteroatoms. The van der Waals surface area contributed by atoms with Crippen LogP contribution in [-0.4, -0.2) is 60.1 Å². The van der Waals surface area contributed by atoms with Crippen molar-refractivity contribution in [3.63, 3.8) is 0 Å². The summed E-state index contributed by atoms with van der Waals surface area (Å²) in [6, 6.07) is 14.0. The molecular weight excluding hydrogens is 439 g/mol. The Hall–Kier alpha value is -3.04. The summed E-state index contributed by atoms with van der Waals surface area (Å²) in [6.45, 7) is 3.42. The number of nitrogens with zero attached hydrogens (tertiary/aromatic N) is 3. The number of benzene rings is 2. The molecule has 0 amide bonds. The van der Waals surface area contributed by atoms with Crippen molar-refractivity contribution < 1.29 is 19.2 Å². The van der Waals surface area contributed by atoms with Crippen LogP contribution in [0.2, 0.25) is 0 Å². The van der Waals surface area contributed by atoms with Crippen LogP contribution in [0.1, 0.15) is 42.9 Å². The van der Waals surface area contributed by atoms with E-state index in [1.807, 2.05) is 12.1 Å². The second kappa shape index (κ2) is 13.6. The van der Waals surface area contributed by atoms with Crippen molar-refractivity contribution in [2.75, 3.05) is 39.3 Å². The first-order valence-corrected chi connectivity index (χ1v) is 11.8. The van der Waals surface area contributed by atoms with Gasteiger partial charge in [0.25, 0.3) is 6.54 Å². The van der Waals surface area contributed by atoms with Gasteiger partial charge in [0.1, 0.15) is 17.7 Å². The van der Waals surface area contributed by atoms with Gasteiger partial charge in [0.05, 0.1) is 13.2 Å². The molecule has 1 saturated heterocycles. The van der Waals surface area contributed by atoms with Crippen LogP contribution in [0.3, 0.4) is 0 Å².